The molecule has 3 aromatic rings. The standard InChI is InChI=1S/C37H37NO10/c1-45-20-13-24-22-11-10-19-6-2-8-21(19)29(22)31-26(40)16-38-15-25-18(5-3-9-23(25)36(38)44)7-4-12-46-35-32(41)28(17-39)48-37(34(35)43)47-27(14-20)30(24)33(31)42/h3,5,9,13-14,19,21,28,32,34-35,37,39,41-43H,2,6-8,10-11,15-17H2,1H3/t19-,21+,28-,32-,34-,35+,37-/m1/s1. The monoisotopic (exact) mass is 655 g/mol. The number of aromatic hydroxyl groups is 1. The molecule has 11 heteroatoms. The van der Waals surface area contributed by atoms with Gasteiger partial charge in [0.05, 0.1) is 31.2 Å². The predicted molar refractivity (Wildman–Crippen MR) is 171 cm³/mol. The molecule has 0 aromatic heterocycles. The van der Waals surface area contributed by atoms with Gasteiger partial charge < -0.3 is 44.3 Å². The number of ketones is 1. The highest BCUT2D eigenvalue weighted by Crippen LogP contribution is 2.54. The maximum atomic E-state index is 14.5. The topological polar surface area (TPSA) is 155 Å². The molecule has 3 aromatic carbocycles. The van der Waals surface area contributed by atoms with Gasteiger partial charge in [-0.05, 0) is 77.3 Å². The Hall–Kier alpha value is -4.34. The lowest BCUT2D eigenvalue weighted by atomic mass is 9.72. The first-order chi connectivity index (χ1) is 23.3. The zero-order valence-corrected chi connectivity index (χ0v) is 26.5. The van der Waals surface area contributed by atoms with Crippen LogP contribution in [0.2, 0.25) is 0 Å². The van der Waals surface area contributed by atoms with Crippen molar-refractivity contribution in [2.24, 2.45) is 5.92 Å². The van der Waals surface area contributed by atoms with Gasteiger partial charge in [-0.25, -0.2) is 0 Å². The van der Waals surface area contributed by atoms with Crippen molar-refractivity contribution in [2.45, 2.75) is 81.7 Å². The number of hydrogen-bond acceptors (Lipinski definition) is 10. The molecule has 250 valence electrons. The van der Waals surface area contributed by atoms with Crippen molar-refractivity contribution >= 4 is 22.5 Å². The van der Waals surface area contributed by atoms with Gasteiger partial charge in [0.2, 0.25) is 6.29 Å². The number of methoxy groups -OCH3 is 1. The quantitative estimate of drug-likeness (QED) is 0.303. The number of aliphatic hydroxyl groups is 3. The van der Waals surface area contributed by atoms with E-state index < -0.39 is 37.3 Å². The van der Waals surface area contributed by atoms with Gasteiger partial charge >= 0.3 is 0 Å². The third-order valence-corrected chi connectivity index (χ3v) is 10.9. The Morgan fingerprint density at radius 3 is 2.73 bits per heavy atom. The summed E-state index contributed by atoms with van der Waals surface area (Å²) >= 11 is 0. The molecule has 6 bridgehead atoms. The Morgan fingerprint density at radius 2 is 1.92 bits per heavy atom. The van der Waals surface area contributed by atoms with Crippen molar-refractivity contribution in [3.8, 4) is 29.3 Å². The number of benzene rings is 3. The minimum absolute atomic E-state index is 0.0737. The van der Waals surface area contributed by atoms with E-state index in [0.29, 0.717) is 29.0 Å². The van der Waals surface area contributed by atoms with E-state index in [4.69, 9.17) is 18.9 Å². The number of aryl methyl sites for hydroxylation is 1. The maximum absolute atomic E-state index is 14.5. The number of rotatable bonds is 2. The largest absolute Gasteiger partial charge is 0.506 e. The van der Waals surface area contributed by atoms with E-state index in [1.807, 2.05) is 12.1 Å². The van der Waals surface area contributed by atoms with Gasteiger partial charge in [0, 0.05) is 24.6 Å². The number of fused-ring (bicyclic) bond motifs is 9. The van der Waals surface area contributed by atoms with Crippen LogP contribution in [0.4, 0.5) is 0 Å². The number of amides is 1. The molecule has 5 aliphatic rings. The summed E-state index contributed by atoms with van der Waals surface area (Å²) in [5.41, 5.74) is 3.99. The van der Waals surface area contributed by atoms with Gasteiger partial charge in [0.15, 0.2) is 18.0 Å². The fourth-order valence-electron chi connectivity index (χ4n) is 8.54. The van der Waals surface area contributed by atoms with Crippen LogP contribution in [0, 0.1) is 17.9 Å². The van der Waals surface area contributed by atoms with Crippen LogP contribution in [0.5, 0.6) is 17.2 Å². The first-order valence-corrected chi connectivity index (χ1v) is 16.5. The molecule has 1 amide bonds. The minimum atomic E-state index is -1.57. The Bertz CT molecular complexity index is 1890. The molecular formula is C37H37NO10. The number of Topliss-reactive ketones (excluding diaryl/α,β-unsaturated/α-hetero) is 1. The van der Waals surface area contributed by atoms with E-state index in [0.717, 1.165) is 47.9 Å². The third kappa shape index (κ3) is 4.81. The molecule has 48 heavy (non-hydrogen) atoms. The van der Waals surface area contributed by atoms with Crippen molar-refractivity contribution in [3.05, 3.63) is 63.7 Å². The summed E-state index contributed by atoms with van der Waals surface area (Å²) in [6.45, 7) is -0.607. The van der Waals surface area contributed by atoms with E-state index in [2.05, 4.69) is 12.0 Å². The van der Waals surface area contributed by atoms with Crippen molar-refractivity contribution in [1.82, 2.24) is 4.90 Å². The molecule has 2 fully saturated rings. The van der Waals surface area contributed by atoms with Crippen LogP contribution in [0.3, 0.4) is 0 Å². The zero-order valence-electron chi connectivity index (χ0n) is 26.5. The van der Waals surface area contributed by atoms with Gasteiger partial charge in [-0.15, -0.1) is 0 Å². The first kappa shape index (κ1) is 31.0. The SMILES string of the molecule is COc1cc2c3c(O)c(c4c(c3c1)CC[C@H]1CCC[C@H]41)C(=O)CN1Cc3c(cccc3C1=O)CC#CO[C@@H]1[C@@H](O)[C@H](O2)O[C@H](CO)[C@H]1O. The van der Waals surface area contributed by atoms with Gasteiger partial charge in [0.25, 0.3) is 5.91 Å². The smallest absolute Gasteiger partial charge is 0.254 e. The Kier molecular flexibility index (Phi) is 7.72. The van der Waals surface area contributed by atoms with Gasteiger partial charge in [-0.2, -0.15) is 0 Å². The third-order valence-electron chi connectivity index (χ3n) is 10.9. The second-order valence-electron chi connectivity index (χ2n) is 13.4. The Balaban J connectivity index is 1.35. The maximum Gasteiger partial charge on any atom is 0.254 e. The van der Waals surface area contributed by atoms with E-state index in [1.54, 1.807) is 12.1 Å². The van der Waals surface area contributed by atoms with E-state index in [1.165, 1.54) is 18.1 Å². The van der Waals surface area contributed by atoms with Gasteiger partial charge in [0.1, 0.15) is 35.6 Å². The summed E-state index contributed by atoms with van der Waals surface area (Å²) in [4.78, 5) is 29.6. The van der Waals surface area contributed by atoms with Crippen LogP contribution < -0.4 is 9.47 Å². The van der Waals surface area contributed by atoms with Crippen LogP contribution >= 0.6 is 0 Å². The lowest BCUT2D eigenvalue weighted by molar-refractivity contribution is -0.276. The van der Waals surface area contributed by atoms with Gasteiger partial charge in [-0.1, -0.05) is 24.5 Å². The predicted octanol–water partition coefficient (Wildman–Crippen LogP) is 2.94. The number of nitrogens with zero attached hydrogens (tertiary/aromatic N) is 1. The average molecular weight is 656 g/mol. The van der Waals surface area contributed by atoms with E-state index in [-0.39, 0.29) is 59.6 Å². The zero-order chi connectivity index (χ0) is 33.3. The van der Waals surface area contributed by atoms with Crippen molar-refractivity contribution in [1.29, 1.82) is 0 Å². The number of hydrogen-bond donors (Lipinski definition) is 4. The lowest BCUT2D eigenvalue weighted by Crippen LogP contribution is -2.60. The molecule has 4 N–H and O–H groups in total. The van der Waals surface area contributed by atoms with Crippen LogP contribution in [0.1, 0.15) is 74.6 Å². The van der Waals surface area contributed by atoms with Crippen LogP contribution in [-0.2, 0) is 28.9 Å². The minimum Gasteiger partial charge on any atom is -0.506 e. The number of phenolic OH excluding ortho intramolecular Hbond substituents is 1. The molecule has 0 radical (unpaired) electrons. The fraction of sp³-hybridized carbons (Fsp3) is 0.459. The molecule has 11 nitrogen and oxygen atoms in total. The highest BCUT2D eigenvalue weighted by atomic mass is 16.7. The number of carbonyl (C=O) groups is 2. The fourth-order valence-corrected chi connectivity index (χ4v) is 8.54. The van der Waals surface area contributed by atoms with Crippen LogP contribution in [0.25, 0.3) is 10.8 Å². The van der Waals surface area contributed by atoms with E-state index in [9.17, 15) is 30.0 Å². The normalized spacial score (nSPS) is 29.2. The number of carbonyl (C=O) groups excluding carboxylic acids is 2. The summed E-state index contributed by atoms with van der Waals surface area (Å²) in [6.07, 6.45) is 0.384. The number of phenols is 1. The summed E-state index contributed by atoms with van der Waals surface area (Å²) in [6, 6.07) is 8.71. The highest BCUT2D eigenvalue weighted by molar-refractivity contribution is 6.12. The summed E-state index contributed by atoms with van der Waals surface area (Å²) in [5.74, 6) is 2.97. The van der Waals surface area contributed by atoms with Crippen LogP contribution in [-0.4, -0.2) is 88.0 Å². The Labute approximate surface area is 277 Å². The van der Waals surface area contributed by atoms with Gasteiger partial charge in [-0.3, -0.25) is 9.59 Å². The van der Waals surface area contributed by atoms with Crippen molar-refractivity contribution in [3.63, 3.8) is 0 Å². The molecule has 0 unspecified atom stereocenters. The molecule has 0 spiro atoms. The van der Waals surface area contributed by atoms with Crippen molar-refractivity contribution in [2.75, 3.05) is 20.3 Å². The van der Waals surface area contributed by atoms with Crippen molar-refractivity contribution < 1.29 is 49.0 Å². The van der Waals surface area contributed by atoms with E-state index >= 15 is 0 Å². The molecule has 3 aliphatic heterocycles. The molecule has 2 aliphatic carbocycles. The molecular weight excluding hydrogens is 618 g/mol. The summed E-state index contributed by atoms with van der Waals surface area (Å²) in [7, 11) is 1.51. The average Bonchev–Trinajstić information content (AvgIpc) is 3.69. The molecule has 7 atom stereocenters. The number of ether oxygens (including phenoxy) is 4. The summed E-state index contributed by atoms with van der Waals surface area (Å²) in [5, 5.41) is 45.5. The second kappa shape index (κ2) is 12.0. The second-order valence-corrected chi connectivity index (χ2v) is 13.4. The van der Waals surface area contributed by atoms with Crippen LogP contribution in [0.15, 0.2) is 30.3 Å². The first-order valence-electron chi connectivity index (χ1n) is 16.5. The number of aliphatic hydroxyl groups excluding tert-OH is 3. The molecule has 1 saturated carbocycles. The summed E-state index contributed by atoms with van der Waals surface area (Å²) < 4.78 is 23.4. The lowest BCUT2D eigenvalue weighted by Gasteiger charge is -2.40. The molecule has 3 heterocycles. The Morgan fingerprint density at radius 1 is 1.06 bits per heavy atom. The highest BCUT2D eigenvalue weighted by Gasteiger charge is 2.48. The molecule has 8 rings (SSSR count). The molecule has 1 saturated heterocycles.